The minimum absolute atomic E-state index is 0.0287. The van der Waals surface area contributed by atoms with Gasteiger partial charge in [0.25, 0.3) is 11.0 Å². The van der Waals surface area contributed by atoms with Gasteiger partial charge in [-0.25, -0.2) is 0 Å². The van der Waals surface area contributed by atoms with E-state index in [1.54, 1.807) is 0 Å². The van der Waals surface area contributed by atoms with Gasteiger partial charge < -0.3 is 24.9 Å². The maximum atomic E-state index is 12.5. The van der Waals surface area contributed by atoms with Crippen LogP contribution in [0.25, 0.3) is 22.1 Å². The fourth-order valence-electron chi connectivity index (χ4n) is 2.34. The molecular formula is C14H13N2O6+. The first-order valence-corrected chi connectivity index (χ1v) is 6.26. The number of phenols is 2. The van der Waals surface area contributed by atoms with Crippen molar-refractivity contribution in [3.05, 3.63) is 29.5 Å². The molecule has 0 radical (unpaired) electrons. The maximum Gasteiger partial charge on any atom is 0.334 e. The highest BCUT2D eigenvalue weighted by Crippen LogP contribution is 2.32. The van der Waals surface area contributed by atoms with Crippen LogP contribution in [0.15, 0.2) is 24.3 Å². The van der Waals surface area contributed by atoms with Gasteiger partial charge >= 0.3 is 11.0 Å². The Hall–Kier alpha value is -3.16. The van der Waals surface area contributed by atoms with Crippen LogP contribution < -0.4 is 18.9 Å². The van der Waals surface area contributed by atoms with Crippen LogP contribution in [0.2, 0.25) is 0 Å². The Balaban J connectivity index is 2.52. The lowest BCUT2D eigenvalue weighted by atomic mass is 10.2. The summed E-state index contributed by atoms with van der Waals surface area (Å²) in [6, 6.07) is 5.01. The molecule has 0 aliphatic heterocycles. The molecule has 3 N–H and O–H groups in total. The van der Waals surface area contributed by atoms with Gasteiger partial charge in [-0.05, 0) is 0 Å². The average molecular weight is 305 g/mol. The first kappa shape index (κ1) is 13.8. The second kappa shape index (κ2) is 4.69. The number of rotatable bonds is 2. The first-order valence-electron chi connectivity index (χ1n) is 6.26. The summed E-state index contributed by atoms with van der Waals surface area (Å²) >= 11 is 0. The van der Waals surface area contributed by atoms with Gasteiger partial charge in [-0.1, -0.05) is 0 Å². The number of aromatic hydroxyl groups is 2. The van der Waals surface area contributed by atoms with Gasteiger partial charge in [0.15, 0.2) is 23.0 Å². The standard InChI is InChI=1S/C14H12N2O6/c1-21-13-5-9-7(3-11(13)17)16(20)10-6-14(22-2)12(18)4-8(10)15(9)19/h3-6,17,19H,1-2H3/p+1. The Kier molecular flexibility index (Phi) is 2.94. The number of aromatic nitrogens is 2. The third-order valence-electron chi connectivity index (χ3n) is 3.45. The van der Waals surface area contributed by atoms with Crippen LogP contribution in [0.1, 0.15) is 0 Å². The van der Waals surface area contributed by atoms with Crippen LogP contribution in [-0.2, 0) is 0 Å². The molecule has 0 fully saturated rings. The van der Waals surface area contributed by atoms with Crippen molar-refractivity contribution in [2.24, 2.45) is 0 Å². The van der Waals surface area contributed by atoms with Crippen LogP contribution >= 0.6 is 0 Å². The minimum Gasteiger partial charge on any atom is -0.617 e. The van der Waals surface area contributed by atoms with Crippen molar-refractivity contribution in [1.29, 1.82) is 0 Å². The van der Waals surface area contributed by atoms with E-state index in [0.717, 1.165) is 4.73 Å². The molecule has 114 valence electrons. The number of phenolic OH excluding ortho intramolecular Hbond substituents is 2. The molecule has 0 amide bonds. The molecule has 1 heterocycles. The molecule has 22 heavy (non-hydrogen) atoms. The predicted molar refractivity (Wildman–Crippen MR) is 74.2 cm³/mol. The van der Waals surface area contributed by atoms with E-state index in [9.17, 15) is 20.6 Å². The third kappa shape index (κ3) is 1.77. The highest BCUT2D eigenvalue weighted by atomic mass is 16.5. The molecule has 0 spiro atoms. The summed E-state index contributed by atoms with van der Waals surface area (Å²) < 4.78 is 11.2. The van der Waals surface area contributed by atoms with Gasteiger partial charge in [0.1, 0.15) is 0 Å². The van der Waals surface area contributed by atoms with Crippen molar-refractivity contribution >= 4 is 22.1 Å². The van der Waals surface area contributed by atoms with E-state index in [4.69, 9.17) is 9.47 Å². The zero-order valence-corrected chi connectivity index (χ0v) is 11.8. The van der Waals surface area contributed by atoms with Crippen LogP contribution in [0, 0.1) is 5.21 Å². The molecule has 0 saturated heterocycles. The number of nitrogens with zero attached hydrogens (tertiary/aromatic N) is 2. The molecule has 2 aromatic carbocycles. The number of ether oxygens (including phenoxy) is 2. The molecule has 0 aliphatic rings. The molecule has 0 saturated carbocycles. The zero-order chi connectivity index (χ0) is 16.0. The van der Waals surface area contributed by atoms with E-state index in [1.807, 2.05) is 0 Å². The molecule has 8 nitrogen and oxygen atoms in total. The lowest BCUT2D eigenvalue weighted by Gasteiger charge is -2.07. The summed E-state index contributed by atoms with van der Waals surface area (Å²) in [5.74, 6) is -0.255. The second-order valence-electron chi connectivity index (χ2n) is 4.63. The smallest absolute Gasteiger partial charge is 0.334 e. The summed E-state index contributed by atoms with van der Waals surface area (Å²) in [7, 11) is 2.70. The molecule has 0 atom stereocenters. The van der Waals surface area contributed by atoms with Crippen molar-refractivity contribution < 1.29 is 34.4 Å². The van der Waals surface area contributed by atoms with Crippen molar-refractivity contribution in [3.63, 3.8) is 0 Å². The monoisotopic (exact) mass is 305 g/mol. The zero-order valence-electron chi connectivity index (χ0n) is 11.8. The van der Waals surface area contributed by atoms with Crippen LogP contribution in [-0.4, -0.2) is 29.6 Å². The average Bonchev–Trinajstić information content (AvgIpc) is 2.52. The van der Waals surface area contributed by atoms with Crippen molar-refractivity contribution in [3.8, 4) is 23.0 Å². The third-order valence-corrected chi connectivity index (χ3v) is 3.45. The number of hydrogen-bond acceptors (Lipinski definition) is 6. The molecule has 3 aromatic rings. The fourth-order valence-corrected chi connectivity index (χ4v) is 2.34. The van der Waals surface area contributed by atoms with E-state index < -0.39 is 0 Å². The van der Waals surface area contributed by atoms with Gasteiger partial charge in [-0.15, -0.1) is 0 Å². The molecule has 8 heteroatoms. The van der Waals surface area contributed by atoms with Gasteiger partial charge in [0.2, 0.25) is 0 Å². The van der Waals surface area contributed by atoms with Gasteiger partial charge in [-0.2, -0.15) is 4.73 Å². The number of fused-ring (bicyclic) bond motifs is 2. The SMILES string of the molecule is COc1cc2c(cc1O)[n+](O)c1cc(OC)c(O)cc1[n+]2[O-]. The minimum atomic E-state index is -0.232. The van der Waals surface area contributed by atoms with Gasteiger partial charge in [0, 0.05) is 4.73 Å². The second-order valence-corrected chi connectivity index (χ2v) is 4.63. The molecule has 0 bridgehead atoms. The van der Waals surface area contributed by atoms with Crippen molar-refractivity contribution in [1.82, 2.24) is 0 Å². The van der Waals surface area contributed by atoms with Crippen LogP contribution in [0.3, 0.4) is 0 Å². The largest absolute Gasteiger partial charge is 0.617 e. The fraction of sp³-hybridized carbons (Fsp3) is 0.143. The molecular weight excluding hydrogens is 292 g/mol. The molecule has 1 aromatic heterocycles. The van der Waals surface area contributed by atoms with Crippen molar-refractivity contribution in [2.75, 3.05) is 14.2 Å². The summed E-state index contributed by atoms with van der Waals surface area (Å²) in [6.07, 6.45) is 0. The van der Waals surface area contributed by atoms with Crippen LogP contribution in [0.4, 0.5) is 0 Å². The lowest BCUT2D eigenvalue weighted by Crippen LogP contribution is -2.41. The van der Waals surface area contributed by atoms with Gasteiger partial charge in [-0.3, -0.25) is 5.21 Å². The van der Waals surface area contributed by atoms with Crippen molar-refractivity contribution in [2.45, 2.75) is 0 Å². The maximum absolute atomic E-state index is 12.5. The Bertz CT molecular complexity index is 834. The summed E-state index contributed by atoms with van der Waals surface area (Å²) in [4.78, 5) is 0. The highest BCUT2D eigenvalue weighted by molar-refractivity contribution is 5.81. The van der Waals surface area contributed by atoms with E-state index in [1.165, 1.54) is 38.5 Å². The first-order chi connectivity index (χ1) is 10.5. The number of methoxy groups -OCH3 is 2. The normalized spacial score (nSPS) is 11.0. The number of hydrogen-bond donors (Lipinski definition) is 3. The summed E-state index contributed by atoms with van der Waals surface area (Å²) in [6.45, 7) is 0. The van der Waals surface area contributed by atoms with E-state index in [0.29, 0.717) is 4.73 Å². The van der Waals surface area contributed by atoms with E-state index in [2.05, 4.69) is 0 Å². The topological polar surface area (TPSA) is 110 Å². The van der Waals surface area contributed by atoms with E-state index >= 15 is 0 Å². The van der Waals surface area contributed by atoms with Gasteiger partial charge in [0.05, 0.1) is 38.5 Å². The summed E-state index contributed by atoms with van der Waals surface area (Å²) in [5, 5.41) is 42.4. The Morgan fingerprint density at radius 3 is 1.77 bits per heavy atom. The Labute approximate surface area is 124 Å². The highest BCUT2D eigenvalue weighted by Gasteiger charge is 2.29. The quantitative estimate of drug-likeness (QED) is 0.276. The Morgan fingerprint density at radius 1 is 0.818 bits per heavy atom. The summed E-state index contributed by atoms with van der Waals surface area (Å²) in [5.41, 5.74) is 0.283. The Morgan fingerprint density at radius 2 is 1.23 bits per heavy atom. The van der Waals surface area contributed by atoms with E-state index in [-0.39, 0.29) is 45.1 Å². The lowest BCUT2D eigenvalue weighted by molar-refractivity contribution is -0.867. The molecule has 3 rings (SSSR count). The molecule has 0 aliphatic carbocycles. The number of benzene rings is 2. The molecule has 0 unspecified atom stereocenters. The van der Waals surface area contributed by atoms with Crippen LogP contribution in [0.5, 0.6) is 23.0 Å². The predicted octanol–water partition coefficient (Wildman–Crippen LogP) is 0.580.